The number of ether oxygens (including phenoxy) is 3. The van der Waals surface area contributed by atoms with E-state index in [1.807, 2.05) is 30.4 Å². The van der Waals surface area contributed by atoms with Crippen molar-refractivity contribution in [3.8, 4) is 69.0 Å². The van der Waals surface area contributed by atoms with Gasteiger partial charge in [0.1, 0.15) is 87.3 Å². The summed E-state index contributed by atoms with van der Waals surface area (Å²) in [6.07, 6.45) is 1.69. The summed E-state index contributed by atoms with van der Waals surface area (Å²) in [7, 11) is 0. The maximum atomic E-state index is 11.5. The molecule has 0 radical (unpaired) electrons. The van der Waals surface area contributed by atoms with Crippen LogP contribution in [0.2, 0.25) is 0 Å². The summed E-state index contributed by atoms with van der Waals surface area (Å²) in [5.41, 5.74) is 7.38. The van der Waals surface area contributed by atoms with Gasteiger partial charge in [0.2, 0.25) is 0 Å². The molecular formula is C56H42O12. The van der Waals surface area contributed by atoms with E-state index in [2.05, 4.69) is 0 Å². The smallest absolute Gasteiger partial charge is 0.135 e. The van der Waals surface area contributed by atoms with Crippen molar-refractivity contribution >= 4 is 12.2 Å². The van der Waals surface area contributed by atoms with Gasteiger partial charge in [-0.25, -0.2) is 0 Å². The predicted octanol–water partition coefficient (Wildman–Crippen LogP) is 11.0. The van der Waals surface area contributed by atoms with E-state index in [0.29, 0.717) is 56.2 Å². The Morgan fingerprint density at radius 1 is 0.294 bits per heavy atom. The van der Waals surface area contributed by atoms with Gasteiger partial charge in [-0.1, -0.05) is 54.6 Å². The molecule has 3 heterocycles. The van der Waals surface area contributed by atoms with Crippen molar-refractivity contribution in [1.29, 1.82) is 0 Å². The van der Waals surface area contributed by atoms with E-state index in [1.165, 1.54) is 24.3 Å². The van der Waals surface area contributed by atoms with Crippen LogP contribution in [0, 0.1) is 0 Å². The quantitative estimate of drug-likeness (QED) is 0.0652. The molecule has 338 valence electrons. The Kier molecular flexibility index (Phi) is 9.96. The number of rotatable bonds is 8. The highest BCUT2D eigenvalue weighted by molar-refractivity contribution is 5.76. The van der Waals surface area contributed by atoms with Crippen LogP contribution in [0.25, 0.3) is 12.2 Å². The van der Waals surface area contributed by atoms with E-state index in [1.54, 1.807) is 109 Å². The third-order valence-electron chi connectivity index (χ3n) is 13.0. The topological polar surface area (TPSA) is 210 Å². The first-order valence-electron chi connectivity index (χ1n) is 21.8. The van der Waals surface area contributed by atoms with Gasteiger partial charge in [-0.05, 0) is 129 Å². The highest BCUT2D eigenvalue weighted by atomic mass is 16.5. The SMILES string of the molecule is Oc1ccc([C@H]2Oc3ccc(/C=C\c4cc(O)cc5c4[C@@H](c4cc(O)cc(O)c4)[C@@H](c4ccc(O)cc4)O5)cc3[C@@H]2c2cc(O)cc3c2[C@H](c2cc(O)cc(O)c2)[C@H](c2ccc(O)cc2)O3)cc1. The van der Waals surface area contributed by atoms with Crippen LogP contribution < -0.4 is 14.2 Å². The molecule has 0 spiro atoms. The third-order valence-corrected chi connectivity index (χ3v) is 13.0. The molecule has 0 aliphatic carbocycles. The molecule has 6 atom stereocenters. The number of aromatic hydroxyl groups is 9. The number of phenolic OH excluding ortho intramolecular Hbond substituents is 9. The second kappa shape index (κ2) is 16.2. The molecule has 12 nitrogen and oxygen atoms in total. The molecule has 9 N–H and O–H groups in total. The van der Waals surface area contributed by atoms with Gasteiger partial charge < -0.3 is 60.2 Å². The van der Waals surface area contributed by atoms with Crippen LogP contribution >= 0.6 is 0 Å². The lowest BCUT2D eigenvalue weighted by Gasteiger charge is -2.26. The Balaban J connectivity index is 1.05. The molecule has 11 rings (SSSR count). The van der Waals surface area contributed by atoms with Crippen molar-refractivity contribution in [3.63, 3.8) is 0 Å². The van der Waals surface area contributed by atoms with Crippen LogP contribution in [-0.2, 0) is 0 Å². The first-order chi connectivity index (χ1) is 32.8. The maximum absolute atomic E-state index is 11.5. The lowest BCUT2D eigenvalue weighted by molar-refractivity contribution is 0.220. The normalized spacial score (nSPS) is 20.0. The van der Waals surface area contributed by atoms with Crippen LogP contribution in [0.15, 0.2) is 152 Å². The summed E-state index contributed by atoms with van der Waals surface area (Å²) < 4.78 is 20.0. The van der Waals surface area contributed by atoms with Gasteiger partial charge in [0, 0.05) is 41.0 Å². The molecule has 0 unspecified atom stereocenters. The summed E-state index contributed by atoms with van der Waals surface area (Å²) in [6, 6.07) is 40.7. The van der Waals surface area contributed by atoms with Gasteiger partial charge in [0.15, 0.2) is 0 Å². The summed E-state index contributed by atoms with van der Waals surface area (Å²) in [5.74, 6) is -0.981. The molecule has 0 fully saturated rings. The van der Waals surface area contributed by atoms with Crippen molar-refractivity contribution < 1.29 is 60.2 Å². The molecule has 8 aromatic rings. The van der Waals surface area contributed by atoms with Gasteiger partial charge in [0.05, 0.1) is 17.8 Å². The summed E-state index contributed by atoms with van der Waals surface area (Å²) >= 11 is 0. The van der Waals surface area contributed by atoms with Crippen LogP contribution in [0.4, 0.5) is 0 Å². The minimum Gasteiger partial charge on any atom is -0.508 e. The fourth-order valence-corrected chi connectivity index (χ4v) is 10.2. The van der Waals surface area contributed by atoms with E-state index in [0.717, 1.165) is 22.3 Å². The van der Waals surface area contributed by atoms with Crippen LogP contribution in [0.1, 0.15) is 97.3 Å². The van der Waals surface area contributed by atoms with Gasteiger partial charge in [0.25, 0.3) is 0 Å². The standard InChI is InChI=1S/C56H42O12/c57-35-10-4-29(5-11-35)54-50(33-19-38(60)23-39(61)20-33)49-32(18-42(64)26-47(49)67-54)3-1-28-2-16-46-44(17-28)52(56(66-46)31-8-14-37(59)15-9-31)45-25-43(65)27-48-53(45)51(34-21-40(62)24-41(63)22-34)55(68-48)30-6-12-36(58)13-7-30/h1-27,50-52,54-65H/b3-1-/t50-,51+,52-,54-,55+,56-/m1/s1. The Morgan fingerprint density at radius 3 is 1.21 bits per heavy atom. The summed E-state index contributed by atoms with van der Waals surface area (Å²) in [4.78, 5) is 0. The first-order valence-corrected chi connectivity index (χ1v) is 21.8. The number of hydrogen-bond acceptors (Lipinski definition) is 12. The van der Waals surface area contributed by atoms with E-state index in [-0.39, 0.29) is 51.7 Å². The summed E-state index contributed by atoms with van der Waals surface area (Å²) in [5, 5.41) is 96.0. The van der Waals surface area contributed by atoms with Crippen LogP contribution in [0.5, 0.6) is 69.0 Å². The zero-order chi connectivity index (χ0) is 47.0. The van der Waals surface area contributed by atoms with Gasteiger partial charge >= 0.3 is 0 Å². The second-order valence-corrected chi connectivity index (χ2v) is 17.4. The lowest BCUT2D eigenvalue weighted by Crippen LogP contribution is -2.16. The van der Waals surface area contributed by atoms with Crippen LogP contribution in [-0.4, -0.2) is 46.0 Å². The maximum Gasteiger partial charge on any atom is 0.135 e. The minimum absolute atomic E-state index is 0.0494. The molecule has 8 aromatic carbocycles. The Bertz CT molecular complexity index is 3250. The Hall–Kier alpha value is -8.90. The molecule has 0 saturated heterocycles. The molecular weight excluding hydrogens is 865 g/mol. The zero-order valence-electron chi connectivity index (χ0n) is 35.8. The van der Waals surface area contributed by atoms with Crippen molar-refractivity contribution in [2.75, 3.05) is 0 Å². The van der Waals surface area contributed by atoms with Crippen molar-refractivity contribution in [2.45, 2.75) is 36.1 Å². The zero-order valence-corrected chi connectivity index (χ0v) is 35.8. The minimum atomic E-state index is -0.718. The fraction of sp³-hybridized carbons (Fsp3) is 0.107. The predicted molar refractivity (Wildman–Crippen MR) is 251 cm³/mol. The van der Waals surface area contributed by atoms with Gasteiger partial charge in [-0.3, -0.25) is 0 Å². The number of benzene rings is 8. The van der Waals surface area contributed by atoms with E-state index in [4.69, 9.17) is 14.2 Å². The first kappa shape index (κ1) is 41.8. The van der Waals surface area contributed by atoms with E-state index < -0.39 is 36.1 Å². The molecule has 68 heavy (non-hydrogen) atoms. The Morgan fingerprint density at radius 2 is 0.706 bits per heavy atom. The molecule has 3 aliphatic heterocycles. The van der Waals surface area contributed by atoms with Gasteiger partial charge in [-0.15, -0.1) is 0 Å². The molecule has 0 aromatic heterocycles. The summed E-state index contributed by atoms with van der Waals surface area (Å²) in [6.45, 7) is 0. The average molecular weight is 907 g/mol. The number of fused-ring (bicyclic) bond motifs is 3. The second-order valence-electron chi connectivity index (χ2n) is 17.4. The van der Waals surface area contributed by atoms with E-state index >= 15 is 0 Å². The fourth-order valence-electron chi connectivity index (χ4n) is 10.2. The largest absolute Gasteiger partial charge is 0.508 e. The third kappa shape index (κ3) is 7.47. The molecule has 3 aliphatic rings. The molecule has 0 amide bonds. The highest BCUT2D eigenvalue weighted by Gasteiger charge is 2.46. The van der Waals surface area contributed by atoms with Gasteiger partial charge in [-0.2, -0.15) is 0 Å². The van der Waals surface area contributed by atoms with Crippen molar-refractivity contribution in [1.82, 2.24) is 0 Å². The Labute approximate surface area is 389 Å². The van der Waals surface area contributed by atoms with Crippen LogP contribution in [0.3, 0.4) is 0 Å². The lowest BCUT2D eigenvalue weighted by atomic mass is 9.76. The molecule has 12 heteroatoms. The average Bonchev–Trinajstić information content (AvgIpc) is 4.00. The van der Waals surface area contributed by atoms with E-state index in [9.17, 15) is 46.0 Å². The van der Waals surface area contributed by atoms with Crippen molar-refractivity contribution in [3.05, 3.63) is 213 Å². The molecule has 0 saturated carbocycles. The monoisotopic (exact) mass is 906 g/mol. The number of phenols is 9. The molecule has 0 bridgehead atoms. The van der Waals surface area contributed by atoms with Crippen molar-refractivity contribution in [2.24, 2.45) is 0 Å². The highest BCUT2D eigenvalue weighted by Crippen LogP contribution is 2.59. The number of hydrogen-bond donors (Lipinski definition) is 9.